The predicted octanol–water partition coefficient (Wildman–Crippen LogP) is 4.93. The van der Waals surface area contributed by atoms with E-state index in [4.69, 9.17) is 11.6 Å². The molecule has 0 bridgehead atoms. The number of nitrogens with one attached hydrogen (secondary N) is 3. The molecular weight excluding hydrogens is 410 g/mol. The smallest absolute Gasteiger partial charge is 0.239 e. The number of hydrogen-bond acceptors (Lipinski definition) is 5. The lowest BCUT2D eigenvalue weighted by molar-refractivity contribution is -0.120. The molecule has 6 nitrogen and oxygen atoms in total. The fourth-order valence-corrected chi connectivity index (χ4v) is 4.75. The molecule has 0 saturated heterocycles. The van der Waals surface area contributed by atoms with Crippen molar-refractivity contribution >= 4 is 34.2 Å². The van der Waals surface area contributed by atoms with Crippen molar-refractivity contribution in [1.29, 1.82) is 0 Å². The molecule has 0 unspecified atom stereocenters. The fourth-order valence-electron chi connectivity index (χ4n) is 4.57. The maximum Gasteiger partial charge on any atom is 0.239 e. The van der Waals surface area contributed by atoms with Gasteiger partial charge in [-0.15, -0.1) is 0 Å². The van der Waals surface area contributed by atoms with Crippen molar-refractivity contribution in [3.05, 3.63) is 29.5 Å². The molecule has 31 heavy (non-hydrogen) atoms. The van der Waals surface area contributed by atoms with Crippen molar-refractivity contribution in [1.82, 2.24) is 20.6 Å². The third-order valence-corrected chi connectivity index (χ3v) is 6.14. The highest BCUT2D eigenvalue weighted by atomic mass is 35.5. The van der Waals surface area contributed by atoms with Crippen molar-refractivity contribution in [3.8, 4) is 0 Å². The van der Waals surface area contributed by atoms with E-state index in [2.05, 4.69) is 53.6 Å². The third kappa shape index (κ3) is 7.04. The Morgan fingerprint density at radius 3 is 2.77 bits per heavy atom. The van der Waals surface area contributed by atoms with Gasteiger partial charge in [0.15, 0.2) is 0 Å². The van der Waals surface area contributed by atoms with Gasteiger partial charge in [0.1, 0.15) is 12.1 Å². The molecule has 1 aromatic carbocycles. The summed E-state index contributed by atoms with van der Waals surface area (Å²) in [6.07, 6.45) is 8.26. The van der Waals surface area contributed by atoms with Crippen LogP contribution in [-0.2, 0) is 4.79 Å². The zero-order valence-corrected chi connectivity index (χ0v) is 19.9. The average molecular weight is 446 g/mol. The maximum absolute atomic E-state index is 12.8. The molecule has 1 amide bonds. The second kappa shape index (κ2) is 10.6. The molecule has 7 heteroatoms. The van der Waals surface area contributed by atoms with E-state index in [1.54, 1.807) is 6.07 Å². The van der Waals surface area contributed by atoms with Gasteiger partial charge < -0.3 is 16.0 Å². The minimum Gasteiger partial charge on any atom is -0.360 e. The SMILES string of the molecule is CCCC[C@H]1C[C@H](NC(C)(C)C)CC[C@@H]1NC(=O)CNc1ncnc2ccc(Cl)cc12. The number of carbonyl (C=O) groups excluding carboxylic acids is 1. The number of amides is 1. The number of rotatable bonds is 8. The van der Waals surface area contributed by atoms with E-state index in [0.717, 1.165) is 36.6 Å². The molecule has 0 radical (unpaired) electrons. The lowest BCUT2D eigenvalue weighted by atomic mass is 9.78. The van der Waals surface area contributed by atoms with E-state index in [1.807, 2.05) is 12.1 Å². The molecule has 2 aromatic rings. The van der Waals surface area contributed by atoms with Crippen LogP contribution in [0.3, 0.4) is 0 Å². The second-order valence-electron chi connectivity index (χ2n) is 9.72. The summed E-state index contributed by atoms with van der Waals surface area (Å²) in [6, 6.07) is 6.23. The molecular formula is C24H36ClN5O. The summed E-state index contributed by atoms with van der Waals surface area (Å²) in [6.45, 7) is 9.07. The van der Waals surface area contributed by atoms with Crippen LogP contribution in [0.1, 0.15) is 66.2 Å². The van der Waals surface area contributed by atoms with Gasteiger partial charge >= 0.3 is 0 Å². The number of aromatic nitrogens is 2. The van der Waals surface area contributed by atoms with Crippen LogP contribution in [0.4, 0.5) is 5.82 Å². The van der Waals surface area contributed by atoms with Crippen LogP contribution in [0, 0.1) is 5.92 Å². The third-order valence-electron chi connectivity index (χ3n) is 5.91. The Kier molecular flexibility index (Phi) is 8.11. The van der Waals surface area contributed by atoms with Crippen LogP contribution in [0.2, 0.25) is 5.02 Å². The molecule has 0 aliphatic heterocycles. The Labute approximate surface area is 190 Å². The number of fused-ring (bicyclic) bond motifs is 1. The topological polar surface area (TPSA) is 78.9 Å². The number of anilines is 1. The molecule has 1 saturated carbocycles. The van der Waals surface area contributed by atoms with Gasteiger partial charge in [0.25, 0.3) is 0 Å². The number of benzene rings is 1. The molecule has 1 fully saturated rings. The van der Waals surface area contributed by atoms with Crippen LogP contribution in [0.15, 0.2) is 24.5 Å². The van der Waals surface area contributed by atoms with E-state index in [0.29, 0.717) is 22.8 Å². The van der Waals surface area contributed by atoms with Crippen molar-refractivity contribution in [3.63, 3.8) is 0 Å². The van der Waals surface area contributed by atoms with Crippen LogP contribution in [0.5, 0.6) is 0 Å². The summed E-state index contributed by atoms with van der Waals surface area (Å²) in [5.41, 5.74) is 0.912. The molecule has 0 spiro atoms. The lowest BCUT2D eigenvalue weighted by Gasteiger charge is -2.40. The first-order valence-electron chi connectivity index (χ1n) is 11.5. The summed E-state index contributed by atoms with van der Waals surface area (Å²) in [5, 5.41) is 11.7. The van der Waals surface area contributed by atoms with Gasteiger partial charge in [-0.3, -0.25) is 4.79 Å². The fraction of sp³-hybridized carbons (Fsp3) is 0.625. The van der Waals surface area contributed by atoms with E-state index in [-0.39, 0.29) is 24.0 Å². The number of halogens is 1. The van der Waals surface area contributed by atoms with Crippen LogP contribution >= 0.6 is 11.6 Å². The molecule has 1 heterocycles. The number of hydrogen-bond donors (Lipinski definition) is 3. The van der Waals surface area contributed by atoms with Gasteiger partial charge in [-0.1, -0.05) is 31.4 Å². The van der Waals surface area contributed by atoms with E-state index >= 15 is 0 Å². The molecule has 3 N–H and O–H groups in total. The van der Waals surface area contributed by atoms with Crippen molar-refractivity contribution in [2.24, 2.45) is 5.92 Å². The Balaban J connectivity index is 1.59. The van der Waals surface area contributed by atoms with Crippen LogP contribution < -0.4 is 16.0 Å². The monoisotopic (exact) mass is 445 g/mol. The van der Waals surface area contributed by atoms with E-state index < -0.39 is 0 Å². The zero-order valence-electron chi connectivity index (χ0n) is 19.2. The highest BCUT2D eigenvalue weighted by molar-refractivity contribution is 6.31. The Bertz CT molecular complexity index is 882. The van der Waals surface area contributed by atoms with Gasteiger partial charge in [0.2, 0.25) is 5.91 Å². The first-order valence-corrected chi connectivity index (χ1v) is 11.8. The summed E-state index contributed by atoms with van der Waals surface area (Å²) >= 11 is 6.12. The standard InChI is InChI=1S/C24H36ClN5O/c1-5-6-7-16-12-18(30-24(2,3)4)9-11-20(16)29-22(31)14-26-23-19-13-17(25)8-10-21(19)27-15-28-23/h8,10,13,15-16,18,20,30H,5-7,9,11-12,14H2,1-4H3,(H,29,31)(H,26,27,28)/t16-,18+,20-/m0/s1. The molecule has 3 atom stereocenters. The highest BCUT2D eigenvalue weighted by Crippen LogP contribution is 2.30. The summed E-state index contributed by atoms with van der Waals surface area (Å²) < 4.78 is 0. The van der Waals surface area contributed by atoms with Gasteiger partial charge in [-0.05, 0) is 70.6 Å². The van der Waals surface area contributed by atoms with E-state index in [9.17, 15) is 4.79 Å². The normalized spacial score (nSPS) is 21.8. The van der Waals surface area contributed by atoms with Gasteiger partial charge in [-0.25, -0.2) is 9.97 Å². The molecule has 1 aromatic heterocycles. The molecule has 1 aliphatic carbocycles. The Morgan fingerprint density at radius 1 is 1.23 bits per heavy atom. The summed E-state index contributed by atoms with van der Waals surface area (Å²) in [5.74, 6) is 1.14. The molecule has 1 aliphatic rings. The Hall–Kier alpha value is -1.92. The minimum atomic E-state index is 0.00233. The van der Waals surface area contributed by atoms with Crippen LogP contribution in [0.25, 0.3) is 10.9 Å². The minimum absolute atomic E-state index is 0.00233. The molecule has 3 rings (SSSR count). The first-order chi connectivity index (χ1) is 14.7. The highest BCUT2D eigenvalue weighted by Gasteiger charge is 2.32. The predicted molar refractivity (Wildman–Crippen MR) is 129 cm³/mol. The van der Waals surface area contributed by atoms with Crippen LogP contribution in [-0.4, -0.2) is 40.0 Å². The van der Waals surface area contributed by atoms with Crippen molar-refractivity contribution in [2.45, 2.75) is 83.8 Å². The number of nitrogens with zero attached hydrogens (tertiary/aromatic N) is 2. The largest absolute Gasteiger partial charge is 0.360 e. The second-order valence-corrected chi connectivity index (χ2v) is 10.2. The zero-order chi connectivity index (χ0) is 22.4. The van der Waals surface area contributed by atoms with Crippen molar-refractivity contribution < 1.29 is 4.79 Å². The van der Waals surface area contributed by atoms with E-state index in [1.165, 1.54) is 19.2 Å². The van der Waals surface area contributed by atoms with Gasteiger partial charge in [0, 0.05) is 28.0 Å². The number of carbonyl (C=O) groups is 1. The van der Waals surface area contributed by atoms with Crippen molar-refractivity contribution in [2.75, 3.05) is 11.9 Å². The Morgan fingerprint density at radius 2 is 2.03 bits per heavy atom. The molecule has 170 valence electrons. The van der Waals surface area contributed by atoms with Gasteiger partial charge in [0.05, 0.1) is 12.1 Å². The summed E-state index contributed by atoms with van der Waals surface area (Å²) in [4.78, 5) is 21.3. The maximum atomic E-state index is 12.8. The van der Waals surface area contributed by atoms with Gasteiger partial charge in [-0.2, -0.15) is 0 Å². The number of unbranched alkanes of at least 4 members (excludes halogenated alkanes) is 1. The first kappa shape index (κ1) is 23.7. The summed E-state index contributed by atoms with van der Waals surface area (Å²) in [7, 11) is 0. The average Bonchev–Trinajstić information content (AvgIpc) is 2.71. The quantitative estimate of drug-likeness (QED) is 0.537. The lowest BCUT2D eigenvalue weighted by Crippen LogP contribution is -2.52.